The van der Waals surface area contributed by atoms with E-state index in [1.807, 2.05) is 0 Å². The van der Waals surface area contributed by atoms with Crippen LogP contribution in [0.1, 0.15) is 0 Å². The van der Waals surface area contributed by atoms with E-state index in [9.17, 15) is 16.8 Å². The summed E-state index contributed by atoms with van der Waals surface area (Å²) >= 11 is 7.06. The van der Waals surface area contributed by atoms with Gasteiger partial charge in [0.25, 0.3) is 20.0 Å². The Morgan fingerprint density at radius 1 is 0.778 bits per heavy atom. The molecule has 0 saturated carbocycles. The number of benzene rings is 3. The lowest BCUT2D eigenvalue weighted by atomic mass is 10.2. The van der Waals surface area contributed by atoms with Crippen LogP contribution in [0, 0.1) is 0 Å². The normalized spacial score (nSPS) is 18.3. The highest BCUT2D eigenvalue weighted by atomic mass is 79.9. The standard InChI is InChI=1S/C24H24Br2N2O6S2/c1-33-17-7-11-19(12-8-17)35(29,30)27-16-21(26)24(15-25)28(23-6-4-3-5-22(23)27)36(31,32)20-13-9-18(34-2)10-14-20/h3-14,21,24H,15-16H2,1-2H3/t21-,24-/m1/s1. The maximum absolute atomic E-state index is 14.0. The van der Waals surface area contributed by atoms with Gasteiger partial charge in [0.2, 0.25) is 0 Å². The number of methoxy groups -OCH3 is 2. The van der Waals surface area contributed by atoms with Crippen LogP contribution < -0.4 is 18.1 Å². The maximum atomic E-state index is 14.0. The van der Waals surface area contributed by atoms with Gasteiger partial charge < -0.3 is 9.47 Å². The van der Waals surface area contributed by atoms with Crippen LogP contribution in [0.3, 0.4) is 0 Å². The molecule has 4 rings (SSSR count). The quantitative estimate of drug-likeness (QED) is 0.344. The number of anilines is 2. The molecule has 12 heteroatoms. The molecule has 2 atom stereocenters. The third kappa shape index (κ3) is 4.83. The molecule has 0 aliphatic carbocycles. The number of fused-ring (bicyclic) bond motifs is 1. The summed E-state index contributed by atoms with van der Waals surface area (Å²) in [6.45, 7) is 0.0102. The van der Waals surface area contributed by atoms with E-state index in [1.165, 1.54) is 47.1 Å². The Morgan fingerprint density at radius 3 is 1.72 bits per heavy atom. The van der Waals surface area contributed by atoms with Gasteiger partial charge in [0, 0.05) is 11.9 Å². The zero-order chi connectivity index (χ0) is 26.1. The monoisotopic (exact) mass is 658 g/mol. The van der Waals surface area contributed by atoms with Crippen molar-refractivity contribution in [1.82, 2.24) is 0 Å². The molecule has 3 aromatic rings. The van der Waals surface area contributed by atoms with Crippen LogP contribution in [0.5, 0.6) is 11.5 Å². The first-order chi connectivity index (χ1) is 17.1. The molecule has 0 spiro atoms. The van der Waals surface area contributed by atoms with Crippen LogP contribution in [0.25, 0.3) is 0 Å². The molecule has 1 aliphatic rings. The lowest BCUT2D eigenvalue weighted by molar-refractivity contribution is 0.414. The molecule has 3 aromatic carbocycles. The van der Waals surface area contributed by atoms with Crippen LogP contribution in [0.15, 0.2) is 82.6 Å². The number of hydrogen-bond donors (Lipinski definition) is 0. The number of ether oxygens (including phenoxy) is 2. The Balaban J connectivity index is 1.89. The van der Waals surface area contributed by atoms with E-state index in [4.69, 9.17) is 9.47 Å². The van der Waals surface area contributed by atoms with Crippen molar-refractivity contribution < 1.29 is 26.3 Å². The number of sulfonamides is 2. The second-order valence-corrected chi connectivity index (χ2v) is 13.4. The first kappa shape index (κ1) is 26.8. The van der Waals surface area contributed by atoms with E-state index < -0.39 is 30.9 Å². The zero-order valence-electron chi connectivity index (χ0n) is 19.4. The van der Waals surface area contributed by atoms with E-state index in [-0.39, 0.29) is 33.0 Å². The van der Waals surface area contributed by atoms with E-state index in [0.717, 1.165) is 0 Å². The summed E-state index contributed by atoms with van der Waals surface area (Å²) in [6, 6.07) is 18.2. The van der Waals surface area contributed by atoms with Crippen LogP contribution in [0.2, 0.25) is 0 Å². The highest BCUT2D eigenvalue weighted by Gasteiger charge is 2.43. The van der Waals surface area contributed by atoms with E-state index in [1.54, 1.807) is 48.5 Å². The minimum absolute atomic E-state index is 0.0102. The smallest absolute Gasteiger partial charge is 0.264 e. The highest BCUT2D eigenvalue weighted by molar-refractivity contribution is 9.10. The molecule has 1 heterocycles. The first-order valence-corrected chi connectivity index (χ1v) is 15.7. The Morgan fingerprint density at radius 2 is 1.25 bits per heavy atom. The molecule has 0 bridgehead atoms. The summed E-state index contributed by atoms with van der Waals surface area (Å²) in [5.41, 5.74) is 0.523. The Hall–Kier alpha value is -2.28. The number of nitrogens with zero attached hydrogens (tertiary/aromatic N) is 2. The van der Waals surface area contributed by atoms with Gasteiger partial charge in [0.1, 0.15) is 11.5 Å². The average Bonchev–Trinajstić information content (AvgIpc) is 3.03. The predicted molar refractivity (Wildman–Crippen MR) is 147 cm³/mol. The largest absolute Gasteiger partial charge is 0.497 e. The summed E-state index contributed by atoms with van der Waals surface area (Å²) in [6.07, 6.45) is 0. The molecule has 36 heavy (non-hydrogen) atoms. The van der Waals surface area contributed by atoms with Crippen molar-refractivity contribution in [2.75, 3.05) is 34.7 Å². The fourth-order valence-corrected chi connectivity index (χ4v) is 9.69. The number of hydrogen-bond acceptors (Lipinski definition) is 6. The minimum Gasteiger partial charge on any atom is -0.497 e. The van der Waals surface area contributed by atoms with Crippen LogP contribution in [-0.4, -0.2) is 53.8 Å². The van der Waals surface area contributed by atoms with Gasteiger partial charge in [-0.1, -0.05) is 44.0 Å². The van der Waals surface area contributed by atoms with Crippen molar-refractivity contribution in [3.8, 4) is 11.5 Å². The summed E-state index contributed by atoms with van der Waals surface area (Å²) in [4.78, 5) is -0.403. The molecule has 0 amide bonds. The third-order valence-electron chi connectivity index (χ3n) is 5.87. The maximum Gasteiger partial charge on any atom is 0.264 e. The second-order valence-electron chi connectivity index (χ2n) is 7.91. The molecule has 0 N–H and O–H groups in total. The first-order valence-electron chi connectivity index (χ1n) is 10.8. The molecular formula is C24H24Br2N2O6S2. The molecule has 0 fully saturated rings. The van der Waals surface area contributed by atoms with Gasteiger partial charge in [-0.05, 0) is 60.7 Å². The highest BCUT2D eigenvalue weighted by Crippen LogP contribution is 2.42. The minimum atomic E-state index is -4.08. The second kappa shape index (κ2) is 10.6. The molecule has 0 unspecified atom stereocenters. The third-order valence-corrected chi connectivity index (χ3v) is 11.1. The molecule has 0 saturated heterocycles. The van der Waals surface area contributed by atoms with Crippen molar-refractivity contribution in [3.05, 3.63) is 72.8 Å². The summed E-state index contributed by atoms with van der Waals surface area (Å²) in [7, 11) is -5.11. The molecule has 1 aliphatic heterocycles. The van der Waals surface area contributed by atoms with E-state index in [0.29, 0.717) is 11.5 Å². The molecule has 8 nitrogen and oxygen atoms in total. The van der Waals surface area contributed by atoms with Crippen molar-refractivity contribution >= 4 is 63.3 Å². The van der Waals surface area contributed by atoms with Gasteiger partial charge in [0.05, 0.1) is 46.3 Å². The molecule has 192 valence electrons. The molecular weight excluding hydrogens is 636 g/mol. The number of halogens is 2. The van der Waals surface area contributed by atoms with Gasteiger partial charge in [-0.25, -0.2) is 16.8 Å². The predicted octanol–water partition coefficient (Wildman–Crippen LogP) is 4.64. The average molecular weight is 660 g/mol. The van der Waals surface area contributed by atoms with Gasteiger partial charge in [-0.3, -0.25) is 8.61 Å². The zero-order valence-corrected chi connectivity index (χ0v) is 24.2. The van der Waals surface area contributed by atoms with Crippen molar-refractivity contribution in [2.24, 2.45) is 0 Å². The topological polar surface area (TPSA) is 93.2 Å². The summed E-state index contributed by atoms with van der Waals surface area (Å²) in [5.74, 6) is 1.05. The Bertz CT molecular complexity index is 1430. The van der Waals surface area contributed by atoms with Crippen molar-refractivity contribution in [1.29, 1.82) is 0 Å². The Labute approximate surface area is 228 Å². The van der Waals surface area contributed by atoms with Gasteiger partial charge in [-0.2, -0.15) is 0 Å². The molecule has 0 radical (unpaired) electrons. The lowest BCUT2D eigenvalue weighted by Crippen LogP contribution is -2.47. The van der Waals surface area contributed by atoms with Crippen LogP contribution >= 0.6 is 31.9 Å². The lowest BCUT2D eigenvalue weighted by Gasteiger charge is -2.32. The van der Waals surface area contributed by atoms with E-state index >= 15 is 0 Å². The SMILES string of the molecule is COc1ccc(S(=O)(=O)N2C[C@@H](Br)[C@@H](CBr)N(S(=O)(=O)c3ccc(OC)cc3)c3ccccc32)cc1. The molecule has 0 aromatic heterocycles. The van der Waals surface area contributed by atoms with Crippen molar-refractivity contribution in [2.45, 2.75) is 20.7 Å². The fraction of sp³-hybridized carbons (Fsp3) is 0.250. The number of alkyl halides is 2. The number of para-hydroxylation sites is 2. The van der Waals surface area contributed by atoms with Crippen LogP contribution in [-0.2, 0) is 20.0 Å². The van der Waals surface area contributed by atoms with E-state index in [2.05, 4.69) is 31.9 Å². The van der Waals surface area contributed by atoms with Gasteiger partial charge >= 0.3 is 0 Å². The van der Waals surface area contributed by atoms with Gasteiger partial charge in [0.15, 0.2) is 0 Å². The number of rotatable bonds is 7. The Kier molecular flexibility index (Phi) is 7.89. The van der Waals surface area contributed by atoms with Crippen molar-refractivity contribution in [3.63, 3.8) is 0 Å². The fourth-order valence-electron chi connectivity index (χ4n) is 4.00. The van der Waals surface area contributed by atoms with Crippen LogP contribution in [0.4, 0.5) is 11.4 Å². The summed E-state index contributed by atoms with van der Waals surface area (Å²) in [5, 5.41) is 0.267. The summed E-state index contributed by atoms with van der Waals surface area (Å²) < 4.78 is 68.4. The van der Waals surface area contributed by atoms with Gasteiger partial charge in [-0.15, -0.1) is 0 Å².